The van der Waals surface area contributed by atoms with Crippen molar-refractivity contribution in [1.82, 2.24) is 4.98 Å². The van der Waals surface area contributed by atoms with Gasteiger partial charge in [-0.05, 0) is 66.9 Å². The summed E-state index contributed by atoms with van der Waals surface area (Å²) in [6, 6.07) is 13.1. The van der Waals surface area contributed by atoms with Gasteiger partial charge in [-0.25, -0.2) is 4.98 Å². The van der Waals surface area contributed by atoms with Gasteiger partial charge in [0.15, 0.2) is 0 Å². The van der Waals surface area contributed by atoms with Gasteiger partial charge in [-0.2, -0.15) is 18.4 Å². The summed E-state index contributed by atoms with van der Waals surface area (Å²) in [5.74, 6) is 5.39. The summed E-state index contributed by atoms with van der Waals surface area (Å²) in [6.07, 6.45) is -2.06. The van der Waals surface area contributed by atoms with Crippen LogP contribution in [-0.2, 0) is 12.6 Å². The lowest BCUT2D eigenvalue weighted by atomic mass is 9.99. The lowest BCUT2D eigenvalue weighted by molar-refractivity contribution is -0.137. The fourth-order valence-corrected chi connectivity index (χ4v) is 3.01. The van der Waals surface area contributed by atoms with Crippen molar-refractivity contribution in [3.63, 3.8) is 0 Å². The van der Waals surface area contributed by atoms with Crippen molar-refractivity contribution in [2.75, 3.05) is 6.61 Å². The highest BCUT2D eigenvalue weighted by Crippen LogP contribution is 2.33. The van der Waals surface area contributed by atoms with E-state index in [0.29, 0.717) is 47.5 Å². The number of phenolic OH excluding ortho intramolecular Hbond substituents is 1. The Labute approximate surface area is 187 Å². The van der Waals surface area contributed by atoms with Crippen molar-refractivity contribution >= 4 is 11.6 Å². The number of aromatic nitrogens is 1. The molecule has 32 heavy (non-hydrogen) atoms. The summed E-state index contributed by atoms with van der Waals surface area (Å²) in [7, 11) is 0. The summed E-state index contributed by atoms with van der Waals surface area (Å²) in [4.78, 5) is 3.93. The van der Waals surface area contributed by atoms with E-state index in [0.717, 1.165) is 17.7 Å². The predicted molar refractivity (Wildman–Crippen MR) is 113 cm³/mol. The number of hydrogen-bond donors (Lipinski definition) is 1. The molecule has 0 aliphatic rings. The Kier molecular flexibility index (Phi) is 7.25. The normalized spacial score (nSPS) is 10.7. The monoisotopic (exact) mass is 456 g/mol. The van der Waals surface area contributed by atoms with Crippen LogP contribution in [0.3, 0.4) is 0 Å². The van der Waals surface area contributed by atoms with Crippen LogP contribution < -0.4 is 4.74 Å². The molecule has 1 aromatic heterocycles. The van der Waals surface area contributed by atoms with Crippen molar-refractivity contribution in [2.45, 2.75) is 19.0 Å². The molecule has 0 aliphatic heterocycles. The van der Waals surface area contributed by atoms with Gasteiger partial charge >= 0.3 is 6.18 Å². The highest BCUT2D eigenvalue weighted by Gasteiger charge is 2.33. The zero-order valence-corrected chi connectivity index (χ0v) is 17.3. The zero-order chi connectivity index (χ0) is 23.1. The molecule has 0 bridgehead atoms. The van der Waals surface area contributed by atoms with E-state index >= 15 is 0 Å². The number of benzene rings is 2. The van der Waals surface area contributed by atoms with Crippen molar-refractivity contribution in [3.05, 3.63) is 87.7 Å². The summed E-state index contributed by atoms with van der Waals surface area (Å²) in [5.41, 5.74) is 0.406. The first kappa shape index (κ1) is 23.0. The van der Waals surface area contributed by atoms with Crippen LogP contribution in [0.1, 0.15) is 34.2 Å². The molecule has 4 nitrogen and oxygen atoms in total. The number of ether oxygens (including phenoxy) is 1. The van der Waals surface area contributed by atoms with E-state index in [1.807, 2.05) is 6.07 Å². The van der Waals surface area contributed by atoms with Crippen molar-refractivity contribution in [3.8, 4) is 29.4 Å². The Bertz CT molecular complexity index is 1210. The summed E-state index contributed by atoms with van der Waals surface area (Å²) >= 11 is 5.73. The van der Waals surface area contributed by atoms with Crippen LogP contribution in [0.5, 0.6) is 11.5 Å². The number of phenols is 1. The SMILES string of the molecule is N#Cc1ccc(C#Cc2ccc(O)cc2C(F)(F)F)c(CCCOc2ccc(Cl)nc2)c1. The van der Waals surface area contributed by atoms with E-state index in [2.05, 4.69) is 16.8 Å². The number of nitrogens with zero attached hydrogens (tertiary/aromatic N) is 2. The second-order valence-corrected chi connectivity index (χ2v) is 7.12. The minimum atomic E-state index is -4.65. The molecular formula is C24H16ClF3N2O2. The molecule has 0 atom stereocenters. The van der Waals surface area contributed by atoms with Gasteiger partial charge in [-0.15, -0.1) is 0 Å². The third-order valence-electron chi connectivity index (χ3n) is 4.43. The molecular weight excluding hydrogens is 441 g/mol. The van der Waals surface area contributed by atoms with Crippen molar-refractivity contribution < 1.29 is 23.0 Å². The molecule has 0 saturated carbocycles. The lowest BCUT2D eigenvalue weighted by Crippen LogP contribution is -2.07. The number of aromatic hydroxyl groups is 1. The quantitative estimate of drug-likeness (QED) is 0.302. The van der Waals surface area contributed by atoms with E-state index < -0.39 is 17.5 Å². The number of hydrogen-bond acceptors (Lipinski definition) is 4. The molecule has 1 heterocycles. The molecule has 0 aliphatic carbocycles. The highest BCUT2D eigenvalue weighted by molar-refractivity contribution is 6.29. The molecule has 3 rings (SSSR count). The van der Waals surface area contributed by atoms with Crippen LogP contribution in [0.15, 0.2) is 54.7 Å². The molecule has 1 N–H and O–H groups in total. The Balaban J connectivity index is 1.79. The van der Waals surface area contributed by atoms with Gasteiger partial charge in [-0.3, -0.25) is 0 Å². The largest absolute Gasteiger partial charge is 0.508 e. The van der Waals surface area contributed by atoms with Crippen LogP contribution in [0.4, 0.5) is 13.2 Å². The Morgan fingerprint density at radius 1 is 1.03 bits per heavy atom. The molecule has 8 heteroatoms. The van der Waals surface area contributed by atoms with Crippen LogP contribution in [0.25, 0.3) is 0 Å². The van der Waals surface area contributed by atoms with E-state index in [1.165, 1.54) is 6.20 Å². The molecule has 0 saturated heterocycles. The van der Waals surface area contributed by atoms with Crippen LogP contribution in [-0.4, -0.2) is 16.7 Å². The van der Waals surface area contributed by atoms with Crippen LogP contribution >= 0.6 is 11.6 Å². The van der Waals surface area contributed by atoms with Crippen molar-refractivity contribution in [2.24, 2.45) is 0 Å². The second kappa shape index (κ2) is 10.1. The van der Waals surface area contributed by atoms with Gasteiger partial charge in [0.25, 0.3) is 0 Å². The molecule has 162 valence electrons. The van der Waals surface area contributed by atoms with Gasteiger partial charge < -0.3 is 9.84 Å². The smallest absolute Gasteiger partial charge is 0.417 e. The first-order valence-electron chi connectivity index (χ1n) is 9.46. The molecule has 3 aromatic rings. The van der Waals surface area contributed by atoms with Crippen molar-refractivity contribution in [1.29, 1.82) is 5.26 Å². The summed E-state index contributed by atoms with van der Waals surface area (Å²) in [5, 5.41) is 18.9. The van der Waals surface area contributed by atoms with E-state index in [9.17, 15) is 23.5 Å². The molecule has 0 fully saturated rings. The first-order valence-corrected chi connectivity index (χ1v) is 9.83. The predicted octanol–water partition coefficient (Wildman–Crippen LogP) is 5.74. The Morgan fingerprint density at radius 3 is 2.47 bits per heavy atom. The maximum atomic E-state index is 13.3. The lowest BCUT2D eigenvalue weighted by Gasteiger charge is -2.10. The average molecular weight is 457 g/mol. The molecule has 2 aromatic carbocycles. The second-order valence-electron chi connectivity index (χ2n) is 6.73. The molecule has 0 spiro atoms. The van der Waals surface area contributed by atoms with Gasteiger partial charge in [0.2, 0.25) is 0 Å². The Morgan fingerprint density at radius 2 is 1.78 bits per heavy atom. The highest BCUT2D eigenvalue weighted by atomic mass is 35.5. The standard InChI is InChI=1S/C24H16ClF3N2O2/c25-23-10-9-21(15-30-23)32-11-1-2-19-12-16(14-29)3-4-17(19)5-6-18-7-8-20(31)13-22(18)24(26,27)28/h3-4,7-10,12-13,15,31H,1-2,11H2. The van der Waals surface area contributed by atoms with Gasteiger partial charge in [-0.1, -0.05) is 23.4 Å². The van der Waals surface area contributed by atoms with Gasteiger partial charge in [0.1, 0.15) is 16.7 Å². The van der Waals surface area contributed by atoms with E-state index in [4.69, 9.17) is 16.3 Å². The molecule has 0 unspecified atom stereocenters. The summed E-state index contributed by atoms with van der Waals surface area (Å²) < 4.78 is 45.4. The zero-order valence-electron chi connectivity index (χ0n) is 16.6. The van der Waals surface area contributed by atoms with E-state index in [-0.39, 0.29) is 5.56 Å². The molecule has 0 radical (unpaired) electrons. The minimum Gasteiger partial charge on any atom is -0.508 e. The van der Waals surface area contributed by atoms with Gasteiger partial charge in [0.05, 0.1) is 30.0 Å². The fourth-order valence-electron chi connectivity index (χ4n) is 2.90. The van der Waals surface area contributed by atoms with Crippen LogP contribution in [0.2, 0.25) is 5.15 Å². The summed E-state index contributed by atoms with van der Waals surface area (Å²) in [6.45, 7) is 0.364. The minimum absolute atomic E-state index is 0.246. The number of aryl methyl sites for hydroxylation is 1. The average Bonchev–Trinajstić information content (AvgIpc) is 2.76. The topological polar surface area (TPSA) is 66.1 Å². The number of nitriles is 1. The third kappa shape index (κ3) is 6.16. The van der Waals surface area contributed by atoms with Gasteiger partial charge in [0, 0.05) is 11.1 Å². The third-order valence-corrected chi connectivity index (χ3v) is 4.66. The number of pyridine rings is 1. The van der Waals surface area contributed by atoms with Crippen LogP contribution in [0, 0.1) is 23.2 Å². The number of halogens is 4. The maximum absolute atomic E-state index is 13.3. The maximum Gasteiger partial charge on any atom is 0.417 e. The van der Waals surface area contributed by atoms with E-state index in [1.54, 1.807) is 30.3 Å². The fraction of sp³-hybridized carbons (Fsp3) is 0.167. The number of rotatable bonds is 5. The molecule has 0 amide bonds. The number of alkyl halides is 3. The first-order chi connectivity index (χ1) is 15.3. The Hall–Kier alpha value is -3.68.